The maximum atomic E-state index is 12.6. The quantitative estimate of drug-likeness (QED) is 0.662. The number of amides is 1. The minimum Gasteiger partial charge on any atom is -0.462 e. The van der Waals surface area contributed by atoms with Crippen LogP contribution >= 0.6 is 11.3 Å². The standard InChI is InChI=1S/C16H19N3O3S/c1-2-22-16(21)10-8-6-4-3-5-7-9(8)19-15-11(10)12(17)13(23-15)14(18)20/h2-7,17H2,1H3,(H2,18,20). The van der Waals surface area contributed by atoms with E-state index < -0.39 is 11.9 Å². The van der Waals surface area contributed by atoms with Crippen LogP contribution in [0, 0.1) is 0 Å². The highest BCUT2D eigenvalue weighted by atomic mass is 32.1. The van der Waals surface area contributed by atoms with Crippen LogP contribution in [0.25, 0.3) is 10.2 Å². The molecule has 2 aromatic heterocycles. The van der Waals surface area contributed by atoms with Gasteiger partial charge in [0, 0.05) is 11.1 Å². The number of carbonyl (C=O) groups excluding carboxylic acids is 2. The monoisotopic (exact) mass is 333 g/mol. The number of nitrogens with zero attached hydrogens (tertiary/aromatic N) is 1. The van der Waals surface area contributed by atoms with Crippen LogP contribution in [0.4, 0.5) is 5.69 Å². The first-order valence-electron chi connectivity index (χ1n) is 7.75. The van der Waals surface area contributed by atoms with E-state index in [1.165, 1.54) is 0 Å². The Hall–Kier alpha value is -2.15. The van der Waals surface area contributed by atoms with Gasteiger partial charge in [-0.2, -0.15) is 0 Å². The Morgan fingerprint density at radius 1 is 1.26 bits per heavy atom. The van der Waals surface area contributed by atoms with Crippen LogP contribution in [-0.4, -0.2) is 23.5 Å². The molecule has 122 valence electrons. The molecule has 0 spiro atoms. The number of anilines is 1. The van der Waals surface area contributed by atoms with Crippen molar-refractivity contribution in [2.75, 3.05) is 12.3 Å². The molecular formula is C16H19N3O3S. The number of hydrogen-bond donors (Lipinski definition) is 2. The van der Waals surface area contributed by atoms with Crippen molar-refractivity contribution in [3.8, 4) is 0 Å². The summed E-state index contributed by atoms with van der Waals surface area (Å²) in [5, 5.41) is 0.517. The number of carbonyl (C=O) groups is 2. The molecule has 0 fully saturated rings. The van der Waals surface area contributed by atoms with Gasteiger partial charge < -0.3 is 16.2 Å². The van der Waals surface area contributed by atoms with Crippen molar-refractivity contribution in [1.29, 1.82) is 0 Å². The second-order valence-electron chi connectivity index (χ2n) is 5.58. The van der Waals surface area contributed by atoms with Crippen molar-refractivity contribution >= 4 is 39.1 Å². The fourth-order valence-corrected chi connectivity index (χ4v) is 4.07. The van der Waals surface area contributed by atoms with E-state index in [0.717, 1.165) is 54.7 Å². The van der Waals surface area contributed by atoms with Gasteiger partial charge in [-0.25, -0.2) is 9.78 Å². The maximum absolute atomic E-state index is 12.6. The zero-order valence-corrected chi connectivity index (χ0v) is 13.8. The average Bonchev–Trinajstić information content (AvgIpc) is 2.70. The van der Waals surface area contributed by atoms with Gasteiger partial charge in [-0.15, -0.1) is 11.3 Å². The molecule has 3 rings (SSSR count). The van der Waals surface area contributed by atoms with Crippen LogP contribution in [-0.2, 0) is 17.6 Å². The number of ether oxygens (including phenoxy) is 1. The number of nitrogen functional groups attached to an aromatic ring is 1. The first-order valence-corrected chi connectivity index (χ1v) is 8.56. The van der Waals surface area contributed by atoms with Crippen molar-refractivity contribution in [2.45, 2.75) is 39.0 Å². The average molecular weight is 333 g/mol. The number of fused-ring (bicyclic) bond motifs is 2. The number of aromatic nitrogens is 1. The van der Waals surface area contributed by atoms with Crippen LogP contribution in [0.1, 0.15) is 57.5 Å². The normalized spacial score (nSPS) is 14.3. The lowest BCUT2D eigenvalue weighted by Crippen LogP contribution is -2.13. The van der Waals surface area contributed by atoms with Gasteiger partial charge in [-0.05, 0) is 38.2 Å². The van der Waals surface area contributed by atoms with Gasteiger partial charge >= 0.3 is 5.97 Å². The van der Waals surface area contributed by atoms with Gasteiger partial charge in [-0.1, -0.05) is 6.42 Å². The Labute approximate surface area is 137 Å². The third-order valence-electron chi connectivity index (χ3n) is 4.11. The number of primary amides is 1. The van der Waals surface area contributed by atoms with E-state index in [2.05, 4.69) is 4.98 Å². The minimum absolute atomic E-state index is 0.236. The second kappa shape index (κ2) is 6.16. The topological polar surface area (TPSA) is 108 Å². The van der Waals surface area contributed by atoms with E-state index in [0.29, 0.717) is 15.8 Å². The molecule has 0 aromatic carbocycles. The molecule has 0 aliphatic heterocycles. The summed E-state index contributed by atoms with van der Waals surface area (Å²) in [5.74, 6) is -1.01. The molecule has 1 amide bonds. The van der Waals surface area contributed by atoms with Crippen molar-refractivity contribution in [3.63, 3.8) is 0 Å². The highest BCUT2D eigenvalue weighted by molar-refractivity contribution is 7.21. The smallest absolute Gasteiger partial charge is 0.339 e. The Balaban J connectivity index is 2.34. The summed E-state index contributed by atoms with van der Waals surface area (Å²) in [7, 11) is 0. The lowest BCUT2D eigenvalue weighted by Gasteiger charge is -2.13. The molecule has 0 radical (unpaired) electrons. The summed E-state index contributed by atoms with van der Waals surface area (Å²) in [5.41, 5.74) is 14.0. The summed E-state index contributed by atoms with van der Waals surface area (Å²) in [6, 6.07) is 0. The van der Waals surface area contributed by atoms with E-state index >= 15 is 0 Å². The molecule has 2 heterocycles. The van der Waals surface area contributed by atoms with Gasteiger partial charge in [0.25, 0.3) is 5.91 Å². The van der Waals surface area contributed by atoms with Gasteiger partial charge in [0.15, 0.2) is 0 Å². The number of rotatable bonds is 3. The first kappa shape index (κ1) is 15.7. The van der Waals surface area contributed by atoms with Gasteiger partial charge in [0.1, 0.15) is 9.71 Å². The number of pyridine rings is 1. The van der Waals surface area contributed by atoms with E-state index in [9.17, 15) is 9.59 Å². The van der Waals surface area contributed by atoms with Crippen molar-refractivity contribution in [2.24, 2.45) is 5.73 Å². The molecule has 0 saturated heterocycles. The SMILES string of the molecule is CCOC(=O)c1c2c(nc3sc(C(N)=O)c(N)c13)CCCCC2. The first-order chi connectivity index (χ1) is 11.0. The van der Waals surface area contributed by atoms with Crippen LogP contribution in [0.3, 0.4) is 0 Å². The van der Waals surface area contributed by atoms with Crippen molar-refractivity contribution in [1.82, 2.24) is 4.98 Å². The Kier molecular flexibility index (Phi) is 4.21. The van der Waals surface area contributed by atoms with E-state index in [4.69, 9.17) is 16.2 Å². The molecule has 1 aliphatic carbocycles. The summed E-state index contributed by atoms with van der Waals surface area (Å²) in [4.78, 5) is 29.6. The Morgan fingerprint density at radius 3 is 2.70 bits per heavy atom. The van der Waals surface area contributed by atoms with Crippen molar-refractivity contribution < 1.29 is 14.3 Å². The fraction of sp³-hybridized carbons (Fsp3) is 0.438. The molecule has 0 saturated carbocycles. The van der Waals surface area contributed by atoms with E-state index in [1.807, 2.05) is 0 Å². The summed E-state index contributed by atoms with van der Waals surface area (Å²) in [6.45, 7) is 2.05. The fourth-order valence-electron chi connectivity index (χ4n) is 3.10. The van der Waals surface area contributed by atoms with E-state index in [-0.39, 0.29) is 17.2 Å². The molecule has 6 nitrogen and oxygen atoms in total. The van der Waals surface area contributed by atoms with Crippen LogP contribution < -0.4 is 11.5 Å². The summed E-state index contributed by atoms with van der Waals surface area (Å²) < 4.78 is 5.23. The zero-order chi connectivity index (χ0) is 16.6. The molecule has 23 heavy (non-hydrogen) atoms. The molecular weight excluding hydrogens is 314 g/mol. The third kappa shape index (κ3) is 2.65. The summed E-state index contributed by atoms with van der Waals surface area (Å²) >= 11 is 1.14. The van der Waals surface area contributed by atoms with E-state index in [1.54, 1.807) is 6.92 Å². The lowest BCUT2D eigenvalue weighted by molar-refractivity contribution is 0.0527. The molecule has 7 heteroatoms. The van der Waals surface area contributed by atoms with Gasteiger partial charge in [-0.3, -0.25) is 4.79 Å². The molecule has 0 atom stereocenters. The minimum atomic E-state index is -0.601. The molecule has 0 bridgehead atoms. The van der Waals surface area contributed by atoms with Crippen LogP contribution in [0.5, 0.6) is 0 Å². The Morgan fingerprint density at radius 2 is 2.00 bits per heavy atom. The van der Waals surface area contributed by atoms with Crippen LogP contribution in [0.2, 0.25) is 0 Å². The van der Waals surface area contributed by atoms with Crippen LogP contribution in [0.15, 0.2) is 0 Å². The zero-order valence-electron chi connectivity index (χ0n) is 13.0. The Bertz CT molecular complexity index is 798. The predicted octanol–water partition coefficient (Wildman–Crippen LogP) is 2.42. The number of aryl methyl sites for hydroxylation is 1. The third-order valence-corrected chi connectivity index (χ3v) is 5.22. The van der Waals surface area contributed by atoms with Crippen molar-refractivity contribution in [3.05, 3.63) is 21.7 Å². The number of hydrogen-bond acceptors (Lipinski definition) is 6. The molecule has 2 aromatic rings. The molecule has 1 aliphatic rings. The van der Waals surface area contributed by atoms with Gasteiger partial charge in [0.05, 0.1) is 17.9 Å². The number of nitrogens with two attached hydrogens (primary N) is 2. The largest absolute Gasteiger partial charge is 0.462 e. The highest BCUT2D eigenvalue weighted by Crippen LogP contribution is 2.38. The second-order valence-corrected chi connectivity index (χ2v) is 6.58. The highest BCUT2D eigenvalue weighted by Gasteiger charge is 2.27. The predicted molar refractivity (Wildman–Crippen MR) is 89.8 cm³/mol. The lowest BCUT2D eigenvalue weighted by atomic mass is 9.98. The van der Waals surface area contributed by atoms with Gasteiger partial charge in [0.2, 0.25) is 0 Å². The number of thiophene rings is 1. The molecule has 0 unspecified atom stereocenters. The maximum Gasteiger partial charge on any atom is 0.339 e. The summed E-state index contributed by atoms with van der Waals surface area (Å²) in [6.07, 6.45) is 4.74. The molecule has 4 N–H and O–H groups in total. The number of esters is 1.